The number of nitrogens with zero attached hydrogens (tertiary/aromatic N) is 1. The molecule has 1 aromatic rings. The predicted molar refractivity (Wildman–Crippen MR) is 84.0 cm³/mol. The van der Waals surface area contributed by atoms with Crippen LogP contribution < -0.4 is 10.6 Å². The van der Waals surface area contributed by atoms with E-state index < -0.39 is 4.92 Å². The van der Waals surface area contributed by atoms with Crippen LogP contribution >= 0.6 is 11.6 Å². The standard InChI is InChI=1S/C14H20ClN3O3/c1-8(2)9(3)7-17-14(19)10-5-11(15)13(16-4)12(6-10)18(20)21/h5-6,8-9,16H,7H2,1-4H3,(H,17,19). The lowest BCUT2D eigenvalue weighted by atomic mass is 9.98. The maximum Gasteiger partial charge on any atom is 0.294 e. The van der Waals surface area contributed by atoms with Crippen LogP contribution in [0.5, 0.6) is 0 Å². The number of amides is 1. The van der Waals surface area contributed by atoms with Gasteiger partial charge in [0.25, 0.3) is 11.6 Å². The third-order valence-corrected chi connectivity index (χ3v) is 3.80. The second-order valence-corrected chi connectivity index (χ2v) is 5.70. The van der Waals surface area contributed by atoms with Crippen molar-refractivity contribution in [2.45, 2.75) is 20.8 Å². The van der Waals surface area contributed by atoms with Gasteiger partial charge in [0.15, 0.2) is 0 Å². The van der Waals surface area contributed by atoms with Gasteiger partial charge in [-0.2, -0.15) is 0 Å². The summed E-state index contributed by atoms with van der Waals surface area (Å²) in [6.45, 7) is 6.68. The van der Waals surface area contributed by atoms with Gasteiger partial charge < -0.3 is 10.6 Å². The minimum absolute atomic E-state index is 0.147. The average molecular weight is 314 g/mol. The van der Waals surface area contributed by atoms with E-state index in [0.717, 1.165) is 0 Å². The molecular weight excluding hydrogens is 294 g/mol. The van der Waals surface area contributed by atoms with Crippen LogP contribution in [0.15, 0.2) is 12.1 Å². The molecule has 6 nitrogen and oxygen atoms in total. The number of halogens is 1. The molecule has 0 heterocycles. The molecule has 1 unspecified atom stereocenters. The first kappa shape index (κ1) is 17.2. The lowest BCUT2D eigenvalue weighted by molar-refractivity contribution is -0.383. The molecule has 0 aliphatic carbocycles. The molecule has 0 aliphatic rings. The van der Waals surface area contributed by atoms with Gasteiger partial charge >= 0.3 is 0 Å². The molecule has 1 rings (SSSR count). The third-order valence-electron chi connectivity index (χ3n) is 3.50. The number of nitro benzene ring substituents is 1. The summed E-state index contributed by atoms with van der Waals surface area (Å²) in [7, 11) is 1.54. The van der Waals surface area contributed by atoms with Gasteiger partial charge in [-0.3, -0.25) is 14.9 Å². The van der Waals surface area contributed by atoms with Crippen molar-refractivity contribution in [2.75, 3.05) is 18.9 Å². The molecule has 0 fully saturated rings. The van der Waals surface area contributed by atoms with E-state index in [4.69, 9.17) is 11.6 Å². The average Bonchev–Trinajstić information content (AvgIpc) is 2.42. The van der Waals surface area contributed by atoms with Gasteiger partial charge in [-0.05, 0) is 17.9 Å². The second kappa shape index (κ2) is 7.26. The first-order valence-corrected chi connectivity index (χ1v) is 7.09. The lowest BCUT2D eigenvalue weighted by Gasteiger charge is -2.16. The number of rotatable bonds is 6. The molecule has 0 aromatic heterocycles. The maximum atomic E-state index is 12.1. The summed E-state index contributed by atoms with van der Waals surface area (Å²) in [4.78, 5) is 22.6. The highest BCUT2D eigenvalue weighted by molar-refractivity contribution is 6.34. The van der Waals surface area contributed by atoms with Gasteiger partial charge in [0.1, 0.15) is 5.69 Å². The van der Waals surface area contributed by atoms with Crippen LogP contribution in [-0.2, 0) is 0 Å². The largest absolute Gasteiger partial charge is 0.381 e. The molecular formula is C14H20ClN3O3. The molecule has 0 bridgehead atoms. The minimum atomic E-state index is -0.564. The van der Waals surface area contributed by atoms with Gasteiger partial charge in [0.05, 0.1) is 9.95 Å². The van der Waals surface area contributed by atoms with Gasteiger partial charge in [-0.25, -0.2) is 0 Å². The Morgan fingerprint density at radius 1 is 1.38 bits per heavy atom. The number of hydrogen-bond acceptors (Lipinski definition) is 4. The van der Waals surface area contributed by atoms with Crippen LogP contribution in [-0.4, -0.2) is 24.4 Å². The van der Waals surface area contributed by atoms with Gasteiger partial charge in [0, 0.05) is 25.2 Å². The molecule has 0 radical (unpaired) electrons. The summed E-state index contributed by atoms with van der Waals surface area (Å²) in [5.74, 6) is 0.390. The van der Waals surface area contributed by atoms with Crippen molar-refractivity contribution in [1.29, 1.82) is 0 Å². The van der Waals surface area contributed by atoms with E-state index in [2.05, 4.69) is 24.5 Å². The van der Waals surface area contributed by atoms with E-state index in [1.165, 1.54) is 19.2 Å². The Hall–Kier alpha value is -1.82. The van der Waals surface area contributed by atoms with Crippen molar-refractivity contribution >= 4 is 28.9 Å². The number of nitrogens with one attached hydrogen (secondary N) is 2. The summed E-state index contributed by atoms with van der Waals surface area (Å²) in [6, 6.07) is 2.66. The van der Waals surface area contributed by atoms with E-state index in [0.29, 0.717) is 18.4 Å². The molecule has 1 atom stereocenters. The van der Waals surface area contributed by atoms with Crippen LogP contribution in [0.3, 0.4) is 0 Å². The topological polar surface area (TPSA) is 84.3 Å². The fourth-order valence-electron chi connectivity index (χ4n) is 1.71. The van der Waals surface area contributed by atoms with Crippen molar-refractivity contribution in [3.63, 3.8) is 0 Å². The Labute approximate surface area is 129 Å². The Kier molecular flexibility index (Phi) is 5.96. The first-order chi connectivity index (χ1) is 9.77. The van der Waals surface area contributed by atoms with E-state index in [9.17, 15) is 14.9 Å². The second-order valence-electron chi connectivity index (χ2n) is 5.29. The molecule has 0 aliphatic heterocycles. The summed E-state index contributed by atoms with van der Waals surface area (Å²) in [5.41, 5.74) is 0.169. The fraction of sp³-hybridized carbons (Fsp3) is 0.500. The smallest absolute Gasteiger partial charge is 0.294 e. The Balaban J connectivity index is 2.98. The van der Waals surface area contributed by atoms with Crippen LogP contribution in [0.25, 0.3) is 0 Å². The van der Waals surface area contributed by atoms with Crippen LogP contribution in [0, 0.1) is 22.0 Å². The van der Waals surface area contributed by atoms with Crippen LogP contribution in [0.1, 0.15) is 31.1 Å². The Morgan fingerprint density at radius 2 is 2.00 bits per heavy atom. The molecule has 21 heavy (non-hydrogen) atoms. The summed E-state index contributed by atoms with van der Waals surface area (Å²) < 4.78 is 0. The molecule has 0 saturated carbocycles. The third kappa shape index (κ3) is 4.32. The highest BCUT2D eigenvalue weighted by atomic mass is 35.5. The van der Waals surface area contributed by atoms with Crippen LogP contribution in [0.2, 0.25) is 5.02 Å². The summed E-state index contributed by atoms with van der Waals surface area (Å²) in [5, 5.41) is 16.6. The predicted octanol–water partition coefficient (Wildman–Crippen LogP) is 3.31. The molecule has 0 saturated heterocycles. The number of hydrogen-bond donors (Lipinski definition) is 2. The number of benzene rings is 1. The van der Waals surface area contributed by atoms with Crippen LogP contribution in [0.4, 0.5) is 11.4 Å². The number of nitro groups is 1. The molecule has 1 aromatic carbocycles. The Bertz CT molecular complexity index is 547. The molecule has 116 valence electrons. The van der Waals surface area contributed by atoms with E-state index in [-0.39, 0.29) is 27.9 Å². The van der Waals surface area contributed by atoms with Crippen molar-refractivity contribution in [3.8, 4) is 0 Å². The van der Waals surface area contributed by atoms with Crippen molar-refractivity contribution < 1.29 is 9.72 Å². The number of carbonyl (C=O) groups excluding carboxylic acids is 1. The zero-order valence-corrected chi connectivity index (χ0v) is 13.3. The zero-order valence-electron chi connectivity index (χ0n) is 12.6. The van der Waals surface area contributed by atoms with E-state index in [1.54, 1.807) is 0 Å². The highest BCUT2D eigenvalue weighted by Crippen LogP contribution is 2.33. The zero-order chi connectivity index (χ0) is 16.2. The first-order valence-electron chi connectivity index (χ1n) is 6.71. The lowest BCUT2D eigenvalue weighted by Crippen LogP contribution is -2.30. The summed E-state index contributed by atoms with van der Waals surface area (Å²) in [6.07, 6.45) is 0. The van der Waals surface area contributed by atoms with Gasteiger partial charge in [-0.1, -0.05) is 32.4 Å². The quantitative estimate of drug-likeness (QED) is 0.623. The van der Waals surface area contributed by atoms with E-state index >= 15 is 0 Å². The number of anilines is 1. The van der Waals surface area contributed by atoms with E-state index in [1.807, 2.05) is 6.92 Å². The molecule has 0 spiro atoms. The Morgan fingerprint density at radius 3 is 2.48 bits per heavy atom. The monoisotopic (exact) mass is 313 g/mol. The van der Waals surface area contributed by atoms with Gasteiger partial charge in [0.2, 0.25) is 0 Å². The normalized spacial score (nSPS) is 12.1. The maximum absolute atomic E-state index is 12.1. The molecule has 7 heteroatoms. The summed E-state index contributed by atoms with van der Waals surface area (Å²) >= 11 is 5.99. The van der Waals surface area contributed by atoms with Crippen molar-refractivity contribution in [3.05, 3.63) is 32.8 Å². The fourth-order valence-corrected chi connectivity index (χ4v) is 2.02. The number of carbonyl (C=O) groups is 1. The van der Waals surface area contributed by atoms with Crippen molar-refractivity contribution in [1.82, 2.24) is 5.32 Å². The SMILES string of the molecule is CNc1c(Cl)cc(C(=O)NCC(C)C(C)C)cc1[N+](=O)[O-]. The highest BCUT2D eigenvalue weighted by Gasteiger charge is 2.21. The molecule has 2 N–H and O–H groups in total. The van der Waals surface area contributed by atoms with Gasteiger partial charge in [-0.15, -0.1) is 0 Å². The minimum Gasteiger partial charge on any atom is -0.381 e. The van der Waals surface area contributed by atoms with Crippen molar-refractivity contribution in [2.24, 2.45) is 11.8 Å². The molecule has 1 amide bonds.